The molecular formula is C32H29F3N2O4. The molecule has 3 aromatic carbocycles. The second-order valence-electron chi connectivity index (χ2n) is 9.94. The zero-order valence-electron chi connectivity index (χ0n) is 22.6. The molecule has 1 aliphatic rings. The molecule has 1 aliphatic heterocycles. The Kier molecular flexibility index (Phi) is 7.84. The number of carbonyl (C=O) groups is 2. The Morgan fingerprint density at radius 3 is 2.49 bits per heavy atom. The maximum atomic E-state index is 13.6. The summed E-state index contributed by atoms with van der Waals surface area (Å²) in [5.74, 6) is -0.234. The molecule has 2 heterocycles. The smallest absolute Gasteiger partial charge is 0.416 e. The van der Waals surface area contributed by atoms with Crippen LogP contribution in [0.5, 0.6) is 0 Å². The van der Waals surface area contributed by atoms with E-state index in [2.05, 4.69) is 0 Å². The largest absolute Gasteiger partial charge is 0.468 e. The monoisotopic (exact) mass is 562 g/mol. The third kappa shape index (κ3) is 5.68. The Balaban J connectivity index is 1.37. The molecule has 6 nitrogen and oxygen atoms in total. The van der Waals surface area contributed by atoms with Gasteiger partial charge in [0.1, 0.15) is 11.3 Å². The summed E-state index contributed by atoms with van der Waals surface area (Å²) in [5, 5.41) is 0. The van der Waals surface area contributed by atoms with Gasteiger partial charge in [-0.1, -0.05) is 48.5 Å². The van der Waals surface area contributed by atoms with E-state index in [1.165, 1.54) is 18.4 Å². The van der Waals surface area contributed by atoms with Crippen LogP contribution in [0.25, 0.3) is 11.1 Å². The van der Waals surface area contributed by atoms with E-state index in [9.17, 15) is 22.8 Å². The second kappa shape index (κ2) is 11.3. The second-order valence-corrected chi connectivity index (χ2v) is 9.94. The molecule has 9 heteroatoms. The van der Waals surface area contributed by atoms with E-state index in [4.69, 9.17) is 14.9 Å². The lowest BCUT2D eigenvalue weighted by molar-refractivity contribution is -0.137. The van der Waals surface area contributed by atoms with Gasteiger partial charge in [0.15, 0.2) is 5.78 Å². The van der Waals surface area contributed by atoms with Gasteiger partial charge < -0.3 is 14.9 Å². The van der Waals surface area contributed by atoms with Crippen LogP contribution in [0.1, 0.15) is 67.4 Å². The molecule has 0 radical (unpaired) electrons. The van der Waals surface area contributed by atoms with Crippen molar-refractivity contribution < 1.29 is 31.9 Å². The van der Waals surface area contributed by atoms with Gasteiger partial charge >= 0.3 is 12.1 Å². The molecular weight excluding hydrogens is 533 g/mol. The van der Waals surface area contributed by atoms with Crippen molar-refractivity contribution in [1.29, 1.82) is 0 Å². The highest BCUT2D eigenvalue weighted by Crippen LogP contribution is 2.34. The highest BCUT2D eigenvalue weighted by Gasteiger charge is 2.31. The molecule has 5 rings (SSSR count). The molecule has 41 heavy (non-hydrogen) atoms. The molecule has 0 aliphatic carbocycles. The highest BCUT2D eigenvalue weighted by molar-refractivity contribution is 6.13. The number of hydrogen-bond acceptors (Lipinski definition) is 6. The van der Waals surface area contributed by atoms with Gasteiger partial charge in [0.05, 0.1) is 24.6 Å². The lowest BCUT2D eigenvalue weighted by Crippen LogP contribution is -2.39. The Bertz CT molecular complexity index is 1590. The van der Waals surface area contributed by atoms with Crippen molar-refractivity contribution in [2.45, 2.75) is 39.2 Å². The minimum atomic E-state index is -4.43. The Hall–Kier alpha value is -4.21. The van der Waals surface area contributed by atoms with Crippen molar-refractivity contribution in [2.24, 2.45) is 5.73 Å². The van der Waals surface area contributed by atoms with Crippen LogP contribution in [0.2, 0.25) is 0 Å². The molecule has 212 valence electrons. The summed E-state index contributed by atoms with van der Waals surface area (Å²) in [7, 11) is 0. The number of carbonyl (C=O) groups excluding carboxylic acids is 2. The maximum absolute atomic E-state index is 13.6. The molecule has 2 N–H and O–H groups in total. The third-order valence-electron chi connectivity index (χ3n) is 7.40. The summed E-state index contributed by atoms with van der Waals surface area (Å²) in [4.78, 5) is 28.1. The Labute approximate surface area is 235 Å². The van der Waals surface area contributed by atoms with E-state index in [1.54, 1.807) is 44.2 Å². The van der Waals surface area contributed by atoms with Crippen molar-refractivity contribution >= 4 is 11.8 Å². The van der Waals surface area contributed by atoms with Gasteiger partial charge in [0, 0.05) is 29.8 Å². The minimum absolute atomic E-state index is 0.213. The zero-order chi connectivity index (χ0) is 29.3. The number of nitrogens with two attached hydrogens (primary N) is 1. The third-order valence-corrected chi connectivity index (χ3v) is 7.40. The van der Waals surface area contributed by atoms with Crippen LogP contribution in [-0.4, -0.2) is 29.8 Å². The standard InChI is InChI=1S/C32H29F3N2O4/c1-3-40-31(39)28-19(2)41-18-27(28)30(36)37-15-14-21-16-22(8-9-23(21)17-37)29(38)26-7-5-4-6-25(26)20-10-12-24(13-11-20)32(33,34)35/h4-13,16,18,30H,3,14-15,17,36H2,1-2H3. The van der Waals surface area contributed by atoms with Gasteiger partial charge in [0.25, 0.3) is 0 Å². The fourth-order valence-corrected chi connectivity index (χ4v) is 5.23. The normalized spacial score (nSPS) is 14.4. The number of rotatable bonds is 7. The van der Waals surface area contributed by atoms with Gasteiger partial charge in [0.2, 0.25) is 0 Å². The molecule has 1 aromatic heterocycles. The van der Waals surface area contributed by atoms with E-state index in [1.807, 2.05) is 17.0 Å². The number of ether oxygens (including phenoxy) is 1. The lowest BCUT2D eigenvalue weighted by atomic mass is 9.90. The van der Waals surface area contributed by atoms with Crippen LogP contribution < -0.4 is 5.73 Å². The summed E-state index contributed by atoms with van der Waals surface area (Å²) in [5.41, 5.74) is 10.8. The van der Waals surface area contributed by atoms with Crippen LogP contribution in [0.4, 0.5) is 13.2 Å². The Morgan fingerprint density at radius 2 is 1.78 bits per heavy atom. The molecule has 1 unspecified atom stereocenters. The maximum Gasteiger partial charge on any atom is 0.416 e. The van der Waals surface area contributed by atoms with Crippen molar-refractivity contribution in [3.8, 4) is 11.1 Å². The molecule has 0 saturated heterocycles. The Morgan fingerprint density at radius 1 is 1.05 bits per heavy atom. The quantitative estimate of drug-likeness (QED) is 0.199. The molecule has 1 atom stereocenters. The number of benzene rings is 3. The summed E-state index contributed by atoms with van der Waals surface area (Å²) < 4.78 is 49.8. The number of aryl methyl sites for hydroxylation is 1. The lowest BCUT2D eigenvalue weighted by Gasteiger charge is -2.33. The van der Waals surface area contributed by atoms with Gasteiger partial charge in [-0.3, -0.25) is 9.69 Å². The fourth-order valence-electron chi connectivity index (χ4n) is 5.23. The number of alkyl halides is 3. The number of nitrogens with zero attached hydrogens (tertiary/aromatic N) is 1. The van der Waals surface area contributed by atoms with Gasteiger partial charge in [-0.05, 0) is 60.7 Å². The predicted molar refractivity (Wildman–Crippen MR) is 147 cm³/mol. The molecule has 0 amide bonds. The van der Waals surface area contributed by atoms with E-state index in [0.717, 1.165) is 23.3 Å². The molecule has 4 aromatic rings. The van der Waals surface area contributed by atoms with E-state index >= 15 is 0 Å². The average molecular weight is 563 g/mol. The summed E-state index contributed by atoms with van der Waals surface area (Å²) >= 11 is 0. The van der Waals surface area contributed by atoms with Gasteiger partial charge in [-0.2, -0.15) is 13.2 Å². The number of furan rings is 1. The van der Waals surface area contributed by atoms with Crippen molar-refractivity contribution in [3.05, 3.63) is 118 Å². The first-order valence-corrected chi connectivity index (χ1v) is 13.3. The summed E-state index contributed by atoms with van der Waals surface area (Å²) in [6.45, 7) is 4.79. The first kappa shape index (κ1) is 28.3. The SMILES string of the molecule is CCOC(=O)c1c(C(N)N2CCc3cc(C(=O)c4ccccc4-c4ccc(C(F)(F)F)cc4)ccc3C2)coc1C. The van der Waals surface area contributed by atoms with Gasteiger partial charge in [-0.25, -0.2) is 4.79 Å². The van der Waals surface area contributed by atoms with Crippen LogP contribution >= 0.6 is 0 Å². The minimum Gasteiger partial charge on any atom is -0.468 e. The van der Waals surface area contributed by atoms with Crippen LogP contribution in [0.3, 0.4) is 0 Å². The predicted octanol–water partition coefficient (Wildman–Crippen LogP) is 6.70. The molecule has 0 fully saturated rings. The molecule has 0 saturated carbocycles. The number of esters is 1. The molecule has 0 spiro atoms. The molecule has 0 bridgehead atoms. The fraction of sp³-hybridized carbons (Fsp3) is 0.250. The number of hydrogen-bond donors (Lipinski definition) is 1. The van der Waals surface area contributed by atoms with Crippen molar-refractivity contribution in [2.75, 3.05) is 13.2 Å². The number of halogens is 3. The van der Waals surface area contributed by atoms with Crippen LogP contribution in [0, 0.1) is 6.92 Å². The van der Waals surface area contributed by atoms with E-state index in [-0.39, 0.29) is 12.4 Å². The van der Waals surface area contributed by atoms with E-state index in [0.29, 0.717) is 58.7 Å². The topological polar surface area (TPSA) is 85.8 Å². The van der Waals surface area contributed by atoms with Crippen LogP contribution in [-0.2, 0) is 23.9 Å². The van der Waals surface area contributed by atoms with Crippen LogP contribution in [0.15, 0.2) is 77.4 Å². The first-order chi connectivity index (χ1) is 19.6. The van der Waals surface area contributed by atoms with Crippen molar-refractivity contribution in [3.63, 3.8) is 0 Å². The first-order valence-electron chi connectivity index (χ1n) is 13.3. The highest BCUT2D eigenvalue weighted by atomic mass is 19.4. The average Bonchev–Trinajstić information content (AvgIpc) is 3.37. The number of ketones is 1. The summed E-state index contributed by atoms with van der Waals surface area (Å²) in [6, 6.07) is 17.2. The van der Waals surface area contributed by atoms with Gasteiger partial charge in [-0.15, -0.1) is 0 Å². The number of fused-ring (bicyclic) bond motifs is 1. The summed E-state index contributed by atoms with van der Waals surface area (Å²) in [6.07, 6.45) is -2.89. The van der Waals surface area contributed by atoms with Crippen molar-refractivity contribution in [1.82, 2.24) is 4.90 Å². The van der Waals surface area contributed by atoms with E-state index < -0.39 is 23.9 Å². The zero-order valence-corrected chi connectivity index (χ0v) is 22.6.